The second-order valence-corrected chi connectivity index (χ2v) is 3.56. The van der Waals surface area contributed by atoms with Crippen LogP contribution in [0, 0.1) is 6.33 Å². The maximum Gasteiger partial charge on any atom is 1.00 e. The maximum absolute atomic E-state index is 12.8. The van der Waals surface area contributed by atoms with Crippen LogP contribution in [0.5, 0.6) is 0 Å². The Morgan fingerprint density at radius 2 is 1.06 bits per heavy atom. The van der Waals surface area contributed by atoms with Gasteiger partial charge in [0.25, 0.3) is 0 Å². The van der Waals surface area contributed by atoms with E-state index in [1.54, 1.807) is 6.33 Å². The number of halogens is 1. The van der Waals surface area contributed by atoms with E-state index in [0.717, 1.165) is 22.3 Å². The van der Waals surface area contributed by atoms with Crippen LogP contribution >= 0.6 is 0 Å². The number of fused-ring (bicyclic) bond motifs is 3. The van der Waals surface area contributed by atoms with E-state index < -0.39 is 0 Å². The Morgan fingerprint density at radius 3 is 1.44 bits per heavy atom. The van der Waals surface area contributed by atoms with Crippen LogP contribution in [0.2, 0.25) is 0 Å². The number of hydrogen-bond donors (Lipinski definition) is 0. The van der Waals surface area contributed by atoms with Crippen LogP contribution in [-0.2, 0) is 0 Å². The van der Waals surface area contributed by atoms with Crippen LogP contribution in [0.4, 0.5) is 4.39 Å². The second-order valence-electron chi connectivity index (χ2n) is 3.56. The minimum atomic E-state index is 0. The molecule has 0 amide bonds. The average molecular weight is 203 g/mol. The Balaban J connectivity index is 0.000000963. The molecule has 2 heteroatoms. The van der Waals surface area contributed by atoms with Gasteiger partial charge in [0, 0.05) is 0 Å². The van der Waals surface area contributed by atoms with Crippen molar-refractivity contribution in [2.75, 3.05) is 0 Å². The fourth-order valence-corrected chi connectivity index (χ4v) is 2.12. The summed E-state index contributed by atoms with van der Waals surface area (Å²) in [6.45, 7) is 0. The molecule has 72 valence electrons. The van der Waals surface area contributed by atoms with Gasteiger partial charge in [-0.2, -0.15) is 0 Å². The van der Waals surface area contributed by atoms with Crippen LogP contribution in [-0.4, -0.2) is 0 Å². The minimum absolute atomic E-state index is 0. The van der Waals surface area contributed by atoms with Gasteiger partial charge in [-0.25, -0.2) is 0 Å². The van der Waals surface area contributed by atoms with Gasteiger partial charge in [0.1, 0.15) is 0 Å². The Kier molecular flexibility index (Phi) is 3.01. The molecule has 0 nitrogen and oxygen atoms in total. The molecule has 0 atom stereocenters. The van der Waals surface area contributed by atoms with Crippen molar-refractivity contribution >= 4 is 5.57 Å². The smallest absolute Gasteiger partial charge is 0.295 e. The molecule has 1 aliphatic rings. The van der Waals surface area contributed by atoms with Crippen LogP contribution < -0.4 is 18.9 Å². The number of rotatable bonds is 0. The zero-order valence-corrected chi connectivity index (χ0v) is 9.00. The first kappa shape index (κ1) is 11.2. The molecule has 0 fully saturated rings. The number of hydrogen-bond acceptors (Lipinski definition) is 0. The Morgan fingerprint density at radius 1 is 0.688 bits per heavy atom. The molecule has 0 saturated carbocycles. The van der Waals surface area contributed by atoms with Crippen molar-refractivity contribution in [2.45, 2.75) is 0 Å². The summed E-state index contributed by atoms with van der Waals surface area (Å²) < 4.78 is 12.8. The zero-order valence-electron chi connectivity index (χ0n) is 9.00. The summed E-state index contributed by atoms with van der Waals surface area (Å²) in [7, 11) is 0. The van der Waals surface area contributed by atoms with Gasteiger partial charge in [0.15, 0.2) is 0 Å². The van der Waals surface area contributed by atoms with Gasteiger partial charge in [-0.15, -0.1) is 28.8 Å². The fraction of sp³-hybridized carbons (Fsp3) is 0. The van der Waals surface area contributed by atoms with E-state index in [-0.39, 0.29) is 18.9 Å². The third-order valence-corrected chi connectivity index (χ3v) is 2.78. The van der Waals surface area contributed by atoms with Crippen molar-refractivity contribution < 1.29 is 23.3 Å². The predicted molar refractivity (Wildman–Crippen MR) is 58.7 cm³/mol. The standard InChI is InChI=1S/C14H8F.Li/c15-9-14-12-7-3-1-5-10(12)11-6-2-4-8-13(11)14;/h1-8H;/q-1;+1/i9+1;. The summed E-state index contributed by atoms with van der Waals surface area (Å²) in [5.74, 6) is 0. The molecule has 0 aliphatic heterocycles. The Labute approximate surface area is 106 Å². The topological polar surface area (TPSA) is 0 Å². The zero-order chi connectivity index (χ0) is 10.3. The van der Waals surface area contributed by atoms with Crippen LogP contribution in [0.25, 0.3) is 16.7 Å². The summed E-state index contributed by atoms with van der Waals surface area (Å²) in [6, 6.07) is 15.7. The first-order chi connectivity index (χ1) is 7.42. The van der Waals surface area contributed by atoms with E-state index in [1.807, 2.05) is 48.5 Å². The molecule has 0 saturated heterocycles. The fourth-order valence-electron chi connectivity index (χ4n) is 2.12. The summed E-state index contributed by atoms with van der Waals surface area (Å²) in [5, 5.41) is 0. The summed E-state index contributed by atoms with van der Waals surface area (Å²) in [6.07, 6.45) is 1.79. The SMILES string of the molecule is F[13C-]=C1c2ccccc2-c2ccccc21.[Li+]. The van der Waals surface area contributed by atoms with Crippen molar-refractivity contribution in [2.24, 2.45) is 0 Å². The van der Waals surface area contributed by atoms with Crippen LogP contribution in [0.1, 0.15) is 11.1 Å². The molecule has 0 radical (unpaired) electrons. The first-order valence-electron chi connectivity index (χ1n) is 4.84. The van der Waals surface area contributed by atoms with Crippen LogP contribution in [0.3, 0.4) is 0 Å². The Hall–Kier alpha value is -1.29. The second kappa shape index (κ2) is 4.29. The summed E-state index contributed by atoms with van der Waals surface area (Å²) >= 11 is 0. The van der Waals surface area contributed by atoms with Crippen molar-refractivity contribution in [1.29, 1.82) is 0 Å². The van der Waals surface area contributed by atoms with Crippen molar-refractivity contribution in [3.63, 3.8) is 0 Å². The third-order valence-electron chi connectivity index (χ3n) is 2.78. The number of benzene rings is 2. The van der Waals surface area contributed by atoms with Gasteiger partial charge in [0.2, 0.25) is 0 Å². The molecule has 2 aromatic rings. The molecule has 3 rings (SSSR count). The molecule has 2 aromatic carbocycles. The van der Waals surface area contributed by atoms with Gasteiger partial charge in [-0.1, -0.05) is 47.5 Å². The molecule has 0 N–H and O–H groups in total. The molecular formula is C14H8FLi. The normalized spacial score (nSPS) is 11.4. The predicted octanol–water partition coefficient (Wildman–Crippen LogP) is 0.833. The van der Waals surface area contributed by atoms with Crippen molar-refractivity contribution in [1.82, 2.24) is 0 Å². The maximum atomic E-state index is 12.8. The van der Waals surface area contributed by atoms with E-state index >= 15 is 0 Å². The molecule has 0 aromatic heterocycles. The molecule has 0 bridgehead atoms. The van der Waals surface area contributed by atoms with Crippen LogP contribution in [0.15, 0.2) is 48.5 Å². The molecule has 1 aliphatic carbocycles. The van der Waals surface area contributed by atoms with Gasteiger partial charge >= 0.3 is 18.9 Å². The van der Waals surface area contributed by atoms with E-state index in [2.05, 4.69) is 0 Å². The molecular weight excluding hydrogens is 195 g/mol. The molecule has 0 heterocycles. The largest absolute Gasteiger partial charge is 1.00 e. The van der Waals surface area contributed by atoms with E-state index in [4.69, 9.17) is 0 Å². The summed E-state index contributed by atoms with van der Waals surface area (Å²) in [5.41, 5.74) is 4.62. The minimum Gasteiger partial charge on any atom is -0.295 e. The van der Waals surface area contributed by atoms with Crippen molar-refractivity contribution in [3.8, 4) is 11.1 Å². The van der Waals surface area contributed by atoms with E-state index in [9.17, 15) is 4.39 Å². The van der Waals surface area contributed by atoms with Gasteiger partial charge < -0.3 is 0 Å². The first-order valence-corrected chi connectivity index (χ1v) is 4.84. The van der Waals surface area contributed by atoms with E-state index in [1.165, 1.54) is 0 Å². The van der Waals surface area contributed by atoms with Gasteiger partial charge in [-0.05, 0) is 6.33 Å². The van der Waals surface area contributed by atoms with Gasteiger partial charge in [0.05, 0.1) is 0 Å². The van der Waals surface area contributed by atoms with E-state index in [0.29, 0.717) is 5.57 Å². The quantitative estimate of drug-likeness (QED) is 0.288. The molecule has 0 spiro atoms. The third kappa shape index (κ3) is 1.45. The Bertz CT molecular complexity index is 511. The van der Waals surface area contributed by atoms with Gasteiger partial charge in [-0.3, -0.25) is 4.39 Å². The molecule has 0 unspecified atom stereocenters. The molecule has 16 heavy (non-hydrogen) atoms. The van der Waals surface area contributed by atoms with Crippen molar-refractivity contribution in [3.05, 3.63) is 66.0 Å². The summed E-state index contributed by atoms with van der Waals surface area (Å²) in [4.78, 5) is 0. The monoisotopic (exact) mass is 203 g/mol. The average Bonchev–Trinajstić information content (AvgIpc) is 2.63.